The summed E-state index contributed by atoms with van der Waals surface area (Å²) < 4.78 is 7.09. The number of ether oxygens (including phenoxy) is 1. The number of unbranched alkanes of at least 4 members (excludes halogenated alkanes) is 1. The van der Waals surface area contributed by atoms with Gasteiger partial charge in [0, 0.05) is 11.4 Å². The van der Waals surface area contributed by atoms with Crippen molar-refractivity contribution >= 4 is 40.1 Å². The van der Waals surface area contributed by atoms with Crippen molar-refractivity contribution in [2.24, 2.45) is 0 Å². The van der Waals surface area contributed by atoms with Crippen LogP contribution >= 0.6 is 11.6 Å². The van der Waals surface area contributed by atoms with Gasteiger partial charge in [-0.05, 0) is 56.7 Å². The lowest BCUT2D eigenvalue weighted by Crippen LogP contribution is -2.10. The Balaban J connectivity index is 1.74. The number of carbonyl (C=O) groups excluding carboxylic acids is 1. The van der Waals surface area contributed by atoms with Gasteiger partial charge >= 0.3 is 5.97 Å². The van der Waals surface area contributed by atoms with E-state index >= 15 is 0 Å². The molecule has 1 N–H and O–H groups in total. The average molecular weight is 450 g/mol. The molecule has 4 aromatic rings. The van der Waals surface area contributed by atoms with Gasteiger partial charge < -0.3 is 10.1 Å². The van der Waals surface area contributed by atoms with Crippen LogP contribution in [-0.4, -0.2) is 32.3 Å². The normalized spacial score (nSPS) is 11.0. The number of nitrogens with zero attached hydrogens (tertiary/aromatic N) is 4. The van der Waals surface area contributed by atoms with Gasteiger partial charge in [-0.25, -0.2) is 19.4 Å². The highest BCUT2D eigenvalue weighted by Gasteiger charge is 2.17. The SMILES string of the molecule is CCCCOC(=O)c1cc(Nc2nc3ccccc3nc2-n2nc(C)cc2C)ccc1Cl. The minimum Gasteiger partial charge on any atom is -0.462 e. The monoisotopic (exact) mass is 449 g/mol. The Labute approximate surface area is 191 Å². The van der Waals surface area contributed by atoms with Crippen molar-refractivity contribution < 1.29 is 9.53 Å². The fraction of sp³-hybridized carbons (Fsp3) is 0.250. The maximum Gasteiger partial charge on any atom is 0.339 e. The number of nitrogens with one attached hydrogen (secondary N) is 1. The minimum absolute atomic E-state index is 0.300. The number of benzene rings is 2. The van der Waals surface area contributed by atoms with Crippen molar-refractivity contribution in [2.45, 2.75) is 33.6 Å². The minimum atomic E-state index is -0.449. The van der Waals surface area contributed by atoms with Gasteiger partial charge in [0.05, 0.1) is 33.9 Å². The molecule has 0 saturated carbocycles. The van der Waals surface area contributed by atoms with Gasteiger partial charge in [0.1, 0.15) is 0 Å². The molecule has 32 heavy (non-hydrogen) atoms. The largest absolute Gasteiger partial charge is 0.462 e. The second-order valence-electron chi connectivity index (χ2n) is 7.53. The molecule has 0 radical (unpaired) electrons. The van der Waals surface area contributed by atoms with Crippen LogP contribution in [0.5, 0.6) is 0 Å². The Hall–Kier alpha value is -3.45. The maximum atomic E-state index is 12.5. The quantitative estimate of drug-likeness (QED) is 0.284. The van der Waals surface area contributed by atoms with Gasteiger partial charge in [-0.2, -0.15) is 5.10 Å². The molecule has 0 unspecified atom stereocenters. The Kier molecular flexibility index (Phi) is 6.37. The molecule has 7 nitrogen and oxygen atoms in total. The van der Waals surface area contributed by atoms with Gasteiger partial charge in [0.15, 0.2) is 11.6 Å². The van der Waals surface area contributed by atoms with E-state index in [0.29, 0.717) is 34.5 Å². The first-order valence-electron chi connectivity index (χ1n) is 10.5. The molecule has 0 spiro atoms. The van der Waals surface area contributed by atoms with E-state index in [9.17, 15) is 4.79 Å². The molecule has 0 aliphatic carbocycles. The van der Waals surface area contributed by atoms with E-state index in [1.807, 2.05) is 51.1 Å². The van der Waals surface area contributed by atoms with Crippen LogP contribution in [0.2, 0.25) is 5.02 Å². The summed E-state index contributed by atoms with van der Waals surface area (Å²) in [6.07, 6.45) is 1.75. The summed E-state index contributed by atoms with van der Waals surface area (Å²) in [6.45, 7) is 6.30. The number of rotatable bonds is 7. The number of halogens is 1. The Morgan fingerprint density at radius 2 is 1.84 bits per heavy atom. The fourth-order valence-corrected chi connectivity index (χ4v) is 3.54. The highest BCUT2D eigenvalue weighted by atomic mass is 35.5. The molecule has 2 heterocycles. The summed E-state index contributed by atoms with van der Waals surface area (Å²) in [4.78, 5) is 22.0. The van der Waals surface area contributed by atoms with Gasteiger partial charge in [-0.1, -0.05) is 37.1 Å². The Bertz CT molecular complexity index is 1280. The fourth-order valence-electron chi connectivity index (χ4n) is 3.35. The number of fused-ring (bicyclic) bond motifs is 1. The summed E-state index contributed by atoms with van der Waals surface area (Å²) in [5.41, 5.74) is 4.27. The lowest BCUT2D eigenvalue weighted by molar-refractivity contribution is 0.0500. The summed E-state index contributed by atoms with van der Waals surface area (Å²) in [5, 5.41) is 8.19. The van der Waals surface area contributed by atoms with Crippen molar-refractivity contribution in [3.05, 3.63) is 70.5 Å². The standard InChI is InChI=1S/C24H24ClN5O2/c1-4-5-12-32-24(31)18-14-17(10-11-19(18)25)26-22-23(30-16(3)13-15(2)29-30)28-21-9-7-6-8-20(21)27-22/h6-11,13-14H,4-5,12H2,1-3H3,(H,26,27). The zero-order chi connectivity index (χ0) is 22.7. The van der Waals surface area contributed by atoms with Gasteiger partial charge in [0.2, 0.25) is 0 Å². The van der Waals surface area contributed by atoms with E-state index < -0.39 is 5.97 Å². The molecule has 0 aliphatic rings. The first kappa shape index (κ1) is 21.8. The van der Waals surface area contributed by atoms with Crippen LogP contribution in [0.4, 0.5) is 11.5 Å². The van der Waals surface area contributed by atoms with Gasteiger partial charge in [0.25, 0.3) is 0 Å². The smallest absolute Gasteiger partial charge is 0.339 e. The topological polar surface area (TPSA) is 81.9 Å². The van der Waals surface area contributed by atoms with Gasteiger partial charge in [-0.15, -0.1) is 0 Å². The molecule has 0 aliphatic heterocycles. The Morgan fingerprint density at radius 3 is 2.53 bits per heavy atom. The van der Waals surface area contributed by atoms with Crippen LogP contribution in [0.3, 0.4) is 0 Å². The van der Waals surface area contributed by atoms with Crippen LogP contribution in [0.25, 0.3) is 16.9 Å². The highest BCUT2D eigenvalue weighted by Crippen LogP contribution is 2.28. The number of aryl methyl sites for hydroxylation is 2. The van der Waals surface area contributed by atoms with E-state index in [1.165, 1.54) is 0 Å². The van der Waals surface area contributed by atoms with Crippen LogP contribution < -0.4 is 5.32 Å². The molecule has 0 bridgehead atoms. The number of hydrogen-bond acceptors (Lipinski definition) is 6. The van der Waals surface area contributed by atoms with Crippen LogP contribution in [0, 0.1) is 13.8 Å². The number of para-hydroxylation sites is 2. The highest BCUT2D eigenvalue weighted by molar-refractivity contribution is 6.33. The molecule has 164 valence electrons. The van der Waals surface area contributed by atoms with Crippen molar-refractivity contribution in [1.82, 2.24) is 19.7 Å². The average Bonchev–Trinajstić information content (AvgIpc) is 3.12. The molecular weight excluding hydrogens is 426 g/mol. The van der Waals surface area contributed by atoms with E-state index in [0.717, 1.165) is 35.3 Å². The summed E-state index contributed by atoms with van der Waals surface area (Å²) in [5.74, 6) is 0.634. The lowest BCUT2D eigenvalue weighted by Gasteiger charge is -2.14. The maximum absolute atomic E-state index is 12.5. The zero-order valence-electron chi connectivity index (χ0n) is 18.2. The van der Waals surface area contributed by atoms with Crippen molar-refractivity contribution in [3.63, 3.8) is 0 Å². The Morgan fingerprint density at radius 1 is 1.09 bits per heavy atom. The third kappa shape index (κ3) is 4.57. The molecular formula is C24H24ClN5O2. The molecule has 0 atom stereocenters. The van der Waals surface area contributed by atoms with E-state index in [-0.39, 0.29) is 0 Å². The molecule has 4 rings (SSSR count). The first-order chi connectivity index (χ1) is 15.5. The van der Waals surface area contributed by atoms with Crippen molar-refractivity contribution in [3.8, 4) is 5.82 Å². The number of esters is 1. The van der Waals surface area contributed by atoms with E-state index in [1.54, 1.807) is 22.9 Å². The number of hydrogen-bond donors (Lipinski definition) is 1. The van der Waals surface area contributed by atoms with Crippen LogP contribution in [0.15, 0.2) is 48.5 Å². The van der Waals surface area contributed by atoms with Crippen molar-refractivity contribution in [2.75, 3.05) is 11.9 Å². The van der Waals surface area contributed by atoms with Gasteiger partial charge in [-0.3, -0.25) is 0 Å². The molecule has 0 amide bonds. The molecule has 2 aromatic carbocycles. The third-order valence-corrected chi connectivity index (χ3v) is 5.27. The second-order valence-corrected chi connectivity index (χ2v) is 7.94. The van der Waals surface area contributed by atoms with Crippen LogP contribution in [0.1, 0.15) is 41.5 Å². The second kappa shape index (κ2) is 9.36. The van der Waals surface area contributed by atoms with Crippen molar-refractivity contribution in [1.29, 1.82) is 0 Å². The number of anilines is 2. The molecule has 0 fully saturated rings. The molecule has 0 saturated heterocycles. The lowest BCUT2D eigenvalue weighted by atomic mass is 10.2. The molecule has 8 heteroatoms. The predicted molar refractivity (Wildman–Crippen MR) is 126 cm³/mol. The number of aromatic nitrogens is 4. The summed E-state index contributed by atoms with van der Waals surface area (Å²) >= 11 is 6.26. The molecule has 2 aromatic heterocycles. The third-order valence-electron chi connectivity index (χ3n) is 4.94. The van der Waals surface area contributed by atoms with E-state index in [4.69, 9.17) is 26.3 Å². The van der Waals surface area contributed by atoms with Crippen LogP contribution in [-0.2, 0) is 4.74 Å². The predicted octanol–water partition coefficient (Wildman–Crippen LogP) is 5.79. The summed E-state index contributed by atoms with van der Waals surface area (Å²) in [6, 6.07) is 14.7. The van der Waals surface area contributed by atoms with E-state index in [2.05, 4.69) is 10.4 Å². The number of carbonyl (C=O) groups is 1. The summed E-state index contributed by atoms with van der Waals surface area (Å²) in [7, 11) is 0. The zero-order valence-corrected chi connectivity index (χ0v) is 19.0. The first-order valence-corrected chi connectivity index (χ1v) is 10.9.